The highest BCUT2D eigenvalue weighted by Crippen LogP contribution is 2.38. The van der Waals surface area contributed by atoms with Gasteiger partial charge in [-0.05, 0) is 18.2 Å². The van der Waals surface area contributed by atoms with Crippen LogP contribution >= 0.6 is 0 Å². The first-order valence-electron chi connectivity index (χ1n) is 8.30. The van der Waals surface area contributed by atoms with Crippen molar-refractivity contribution < 1.29 is 36.2 Å². The highest BCUT2D eigenvalue weighted by Gasteiger charge is 2.46. The lowest BCUT2D eigenvalue weighted by Gasteiger charge is -2.33. The van der Waals surface area contributed by atoms with E-state index in [0.717, 1.165) is 30.6 Å². The van der Waals surface area contributed by atoms with Gasteiger partial charge in [0, 0.05) is 11.3 Å². The second kappa shape index (κ2) is 8.57. The lowest BCUT2D eigenvalue weighted by molar-refractivity contribution is -0.0145. The van der Waals surface area contributed by atoms with E-state index in [9.17, 15) is 26.7 Å². The number of nitrogens with one attached hydrogen (secondary N) is 1. The van der Waals surface area contributed by atoms with Crippen molar-refractivity contribution in [1.82, 2.24) is 9.97 Å². The number of halogens is 5. The number of hydrogen-bond acceptors (Lipinski definition) is 7. The van der Waals surface area contributed by atoms with Crippen LogP contribution in [0.25, 0.3) is 0 Å². The first-order chi connectivity index (χ1) is 14.2. The number of amidine groups is 1. The number of alkyl halides is 4. The highest BCUT2D eigenvalue weighted by molar-refractivity contribution is 5.86. The summed E-state index contributed by atoms with van der Waals surface area (Å²) in [5, 5.41) is 2.19. The van der Waals surface area contributed by atoms with E-state index < -0.39 is 48.2 Å². The van der Waals surface area contributed by atoms with Crippen molar-refractivity contribution in [3.8, 4) is 5.88 Å². The minimum Gasteiger partial charge on any atom is -0.389 e. The van der Waals surface area contributed by atoms with Gasteiger partial charge in [0.15, 0.2) is 5.54 Å². The number of carbonyl (C=O) groups is 1. The molecule has 2 heterocycles. The van der Waals surface area contributed by atoms with Crippen molar-refractivity contribution in [2.45, 2.75) is 18.4 Å². The molecule has 30 heavy (non-hydrogen) atoms. The standard InChI is InChI=1S/C17H14F5N5O3/c18-10-2-1-8(3-9(10)17(15(21)22)7-29-6-12(23)27-17)26-16(28)30-13-5-24-11(4-25-13)14(19)20/h1-5,14-15H,6-7H2,(H2,23,27)(H,26,28)/t17-/m0/s1. The van der Waals surface area contributed by atoms with E-state index in [2.05, 4.69) is 20.3 Å². The Kier molecular flexibility index (Phi) is 6.10. The van der Waals surface area contributed by atoms with E-state index >= 15 is 0 Å². The monoisotopic (exact) mass is 431 g/mol. The predicted octanol–water partition coefficient (Wildman–Crippen LogP) is 3.01. The number of aromatic nitrogens is 2. The Morgan fingerprint density at radius 3 is 2.60 bits per heavy atom. The molecule has 0 radical (unpaired) electrons. The number of aliphatic imine (C=N–C) groups is 1. The zero-order chi connectivity index (χ0) is 21.9. The van der Waals surface area contributed by atoms with Gasteiger partial charge in [-0.2, -0.15) is 0 Å². The third-order valence-electron chi connectivity index (χ3n) is 4.02. The molecular weight excluding hydrogens is 417 g/mol. The Bertz CT molecular complexity index is 957. The van der Waals surface area contributed by atoms with Crippen LogP contribution in [0.4, 0.5) is 32.4 Å². The number of nitrogens with zero attached hydrogens (tertiary/aromatic N) is 3. The molecule has 1 aromatic heterocycles. The van der Waals surface area contributed by atoms with Crippen LogP contribution in [0.1, 0.15) is 17.7 Å². The molecule has 0 aliphatic carbocycles. The number of rotatable bonds is 5. The van der Waals surface area contributed by atoms with E-state index in [1.807, 2.05) is 0 Å². The summed E-state index contributed by atoms with van der Waals surface area (Å²) in [6, 6.07) is 2.90. The van der Waals surface area contributed by atoms with Gasteiger partial charge >= 0.3 is 6.09 Å². The van der Waals surface area contributed by atoms with Gasteiger partial charge in [-0.3, -0.25) is 10.3 Å². The number of carbonyl (C=O) groups excluding carboxylic acids is 1. The zero-order valence-corrected chi connectivity index (χ0v) is 15.0. The quantitative estimate of drug-likeness (QED) is 0.704. The molecule has 1 atom stereocenters. The molecule has 0 spiro atoms. The summed E-state index contributed by atoms with van der Waals surface area (Å²) in [4.78, 5) is 22.6. The fraction of sp³-hybridized carbons (Fsp3) is 0.294. The van der Waals surface area contributed by atoms with Crippen LogP contribution in [0.15, 0.2) is 35.6 Å². The van der Waals surface area contributed by atoms with Gasteiger partial charge in [-0.25, -0.2) is 36.7 Å². The van der Waals surface area contributed by atoms with Crippen molar-refractivity contribution >= 4 is 17.6 Å². The van der Waals surface area contributed by atoms with Crippen molar-refractivity contribution in [1.29, 1.82) is 0 Å². The lowest BCUT2D eigenvalue weighted by Crippen LogP contribution is -2.45. The summed E-state index contributed by atoms with van der Waals surface area (Å²) < 4.78 is 76.6. The van der Waals surface area contributed by atoms with E-state index in [1.54, 1.807) is 0 Å². The van der Waals surface area contributed by atoms with Gasteiger partial charge in [0.25, 0.3) is 12.9 Å². The maximum Gasteiger partial charge on any atom is 0.418 e. The summed E-state index contributed by atoms with van der Waals surface area (Å²) >= 11 is 0. The highest BCUT2D eigenvalue weighted by atomic mass is 19.3. The van der Waals surface area contributed by atoms with E-state index in [-0.39, 0.29) is 24.0 Å². The second-order valence-electron chi connectivity index (χ2n) is 6.11. The topological polar surface area (TPSA) is 112 Å². The first kappa shape index (κ1) is 21.4. The maximum absolute atomic E-state index is 14.4. The molecule has 1 aromatic carbocycles. The minimum atomic E-state index is -3.16. The summed E-state index contributed by atoms with van der Waals surface area (Å²) in [6.07, 6.45) is -5.61. The zero-order valence-electron chi connectivity index (χ0n) is 15.0. The van der Waals surface area contributed by atoms with Crippen molar-refractivity contribution in [3.63, 3.8) is 0 Å². The minimum absolute atomic E-state index is 0.104. The molecule has 0 fully saturated rings. The molecule has 160 valence electrons. The van der Waals surface area contributed by atoms with E-state index in [1.165, 1.54) is 0 Å². The van der Waals surface area contributed by atoms with Gasteiger partial charge in [-0.15, -0.1) is 0 Å². The summed E-state index contributed by atoms with van der Waals surface area (Å²) in [5.74, 6) is -1.63. The Morgan fingerprint density at radius 1 is 1.23 bits per heavy atom. The lowest BCUT2D eigenvalue weighted by atomic mass is 9.90. The molecule has 1 aliphatic rings. The molecule has 0 saturated heterocycles. The molecule has 0 saturated carbocycles. The van der Waals surface area contributed by atoms with Crippen LogP contribution in [0.3, 0.4) is 0 Å². The van der Waals surface area contributed by atoms with Gasteiger partial charge in [0.2, 0.25) is 5.88 Å². The normalized spacial score (nSPS) is 19.0. The molecule has 3 rings (SSSR count). The number of nitrogens with two attached hydrogens (primary N) is 1. The van der Waals surface area contributed by atoms with Crippen LogP contribution in [0.2, 0.25) is 0 Å². The number of hydrogen-bond donors (Lipinski definition) is 2. The van der Waals surface area contributed by atoms with Crippen molar-refractivity contribution in [2.75, 3.05) is 18.5 Å². The summed E-state index contributed by atoms with van der Waals surface area (Å²) in [7, 11) is 0. The largest absolute Gasteiger partial charge is 0.418 e. The molecule has 1 amide bonds. The smallest absolute Gasteiger partial charge is 0.389 e. The molecule has 0 unspecified atom stereocenters. The second-order valence-corrected chi connectivity index (χ2v) is 6.11. The SMILES string of the molecule is NC1=N[C@@](c2cc(NC(=O)Oc3cnc(C(F)F)cn3)ccc2F)(C(F)F)COC1. The van der Waals surface area contributed by atoms with Gasteiger partial charge < -0.3 is 15.2 Å². The van der Waals surface area contributed by atoms with Crippen molar-refractivity contribution in [3.05, 3.63) is 47.7 Å². The van der Waals surface area contributed by atoms with Crippen LogP contribution in [-0.2, 0) is 10.3 Å². The van der Waals surface area contributed by atoms with E-state index in [4.69, 9.17) is 15.2 Å². The number of benzene rings is 1. The molecule has 3 N–H and O–H groups in total. The van der Waals surface area contributed by atoms with Crippen molar-refractivity contribution in [2.24, 2.45) is 10.7 Å². The van der Waals surface area contributed by atoms with Crippen LogP contribution in [0, 0.1) is 5.82 Å². The molecule has 1 aliphatic heterocycles. The average Bonchev–Trinajstić information content (AvgIpc) is 2.69. The molecule has 2 aromatic rings. The summed E-state index contributed by atoms with van der Waals surface area (Å²) in [5.41, 5.74) is 1.85. The molecule has 13 heteroatoms. The third-order valence-corrected chi connectivity index (χ3v) is 4.02. The third kappa shape index (κ3) is 4.45. The fourth-order valence-corrected chi connectivity index (χ4v) is 2.66. The maximum atomic E-state index is 14.4. The van der Waals surface area contributed by atoms with Gasteiger partial charge in [0.05, 0.1) is 19.0 Å². The molecule has 8 nitrogen and oxygen atoms in total. The molecule has 0 bridgehead atoms. The Balaban J connectivity index is 1.81. The number of anilines is 1. The predicted molar refractivity (Wildman–Crippen MR) is 93.2 cm³/mol. The number of ether oxygens (including phenoxy) is 2. The van der Waals surface area contributed by atoms with Crippen LogP contribution in [-0.4, -0.2) is 41.5 Å². The number of amides is 1. The summed E-state index contributed by atoms with van der Waals surface area (Å²) in [6.45, 7) is -0.798. The van der Waals surface area contributed by atoms with Crippen LogP contribution < -0.4 is 15.8 Å². The Morgan fingerprint density at radius 2 is 2.00 bits per heavy atom. The Hall–Kier alpha value is -3.35. The first-order valence-corrected chi connectivity index (χ1v) is 8.30. The molecular formula is C17H14F5N5O3. The fourth-order valence-electron chi connectivity index (χ4n) is 2.66. The van der Waals surface area contributed by atoms with Gasteiger partial charge in [-0.1, -0.05) is 0 Å². The van der Waals surface area contributed by atoms with Crippen LogP contribution in [0.5, 0.6) is 5.88 Å². The Labute approximate surface area is 165 Å². The average molecular weight is 431 g/mol. The van der Waals surface area contributed by atoms with E-state index in [0.29, 0.717) is 0 Å². The van der Waals surface area contributed by atoms with Gasteiger partial charge in [0.1, 0.15) is 24.0 Å².